The Morgan fingerprint density at radius 2 is 2.07 bits per heavy atom. The molecule has 0 radical (unpaired) electrons. The zero-order valence-electron chi connectivity index (χ0n) is 16.4. The molecule has 0 bridgehead atoms. The highest BCUT2D eigenvalue weighted by Gasteiger charge is 2.29. The molecule has 0 saturated carbocycles. The molecule has 0 aliphatic carbocycles. The van der Waals surface area contributed by atoms with Gasteiger partial charge in [-0.15, -0.1) is 0 Å². The fourth-order valence-electron chi connectivity index (χ4n) is 3.55. The minimum atomic E-state index is 0.0352. The van der Waals surface area contributed by atoms with Gasteiger partial charge in [0.05, 0.1) is 4.70 Å². The van der Waals surface area contributed by atoms with Crippen molar-refractivity contribution in [3.8, 4) is 0 Å². The molecule has 1 unspecified atom stereocenters. The van der Waals surface area contributed by atoms with Crippen LogP contribution in [-0.4, -0.2) is 77.2 Å². The molecule has 1 atom stereocenters. The summed E-state index contributed by atoms with van der Waals surface area (Å²) in [7, 11) is 4.10. The van der Waals surface area contributed by atoms with Crippen molar-refractivity contribution in [2.24, 2.45) is 0 Å². The van der Waals surface area contributed by atoms with E-state index in [-0.39, 0.29) is 17.9 Å². The predicted molar refractivity (Wildman–Crippen MR) is 109 cm³/mol. The second-order valence-electron chi connectivity index (χ2n) is 7.53. The van der Waals surface area contributed by atoms with Crippen LogP contribution in [0.2, 0.25) is 0 Å². The molecule has 27 heavy (non-hydrogen) atoms. The average molecular weight is 389 g/mol. The van der Waals surface area contributed by atoms with E-state index in [0.29, 0.717) is 31.6 Å². The SMILES string of the molecule is CC1CN(C(=O)c2ccc3sncc3c2)CCN1C(=O)CCCCN(C)C. The molecule has 1 aromatic heterocycles. The third-order valence-electron chi connectivity index (χ3n) is 5.08. The Kier molecular flexibility index (Phi) is 6.44. The van der Waals surface area contributed by atoms with Crippen LogP contribution in [0, 0.1) is 0 Å². The molecule has 2 aromatic rings. The largest absolute Gasteiger partial charge is 0.336 e. The first kappa shape index (κ1) is 19.8. The van der Waals surface area contributed by atoms with Gasteiger partial charge in [-0.3, -0.25) is 9.59 Å². The average Bonchev–Trinajstić information content (AvgIpc) is 3.12. The molecule has 1 saturated heterocycles. The van der Waals surface area contributed by atoms with Crippen molar-refractivity contribution in [1.82, 2.24) is 19.1 Å². The Morgan fingerprint density at radius 3 is 2.81 bits per heavy atom. The third kappa shape index (κ3) is 4.84. The molecular weight excluding hydrogens is 360 g/mol. The Labute approximate surface area is 164 Å². The number of aromatic nitrogens is 1. The number of fused-ring (bicyclic) bond motifs is 1. The number of hydrogen-bond donors (Lipinski definition) is 0. The van der Waals surface area contributed by atoms with Crippen molar-refractivity contribution in [1.29, 1.82) is 0 Å². The van der Waals surface area contributed by atoms with Gasteiger partial charge in [0.1, 0.15) is 0 Å². The fourth-order valence-corrected chi connectivity index (χ4v) is 4.17. The van der Waals surface area contributed by atoms with Crippen molar-refractivity contribution in [2.45, 2.75) is 32.2 Å². The van der Waals surface area contributed by atoms with E-state index in [0.717, 1.165) is 29.5 Å². The van der Waals surface area contributed by atoms with Gasteiger partial charge in [0.25, 0.3) is 5.91 Å². The smallest absolute Gasteiger partial charge is 0.254 e. The van der Waals surface area contributed by atoms with Crippen LogP contribution in [0.15, 0.2) is 24.4 Å². The molecule has 6 nitrogen and oxygen atoms in total. The molecule has 0 N–H and O–H groups in total. The molecule has 2 amide bonds. The van der Waals surface area contributed by atoms with Gasteiger partial charge < -0.3 is 14.7 Å². The van der Waals surface area contributed by atoms with E-state index in [1.165, 1.54) is 11.5 Å². The number of carbonyl (C=O) groups is 2. The highest BCUT2D eigenvalue weighted by Crippen LogP contribution is 2.21. The Balaban J connectivity index is 1.54. The van der Waals surface area contributed by atoms with Gasteiger partial charge in [0, 0.05) is 49.2 Å². The summed E-state index contributed by atoms with van der Waals surface area (Å²) in [6.07, 6.45) is 4.34. The van der Waals surface area contributed by atoms with Gasteiger partial charge in [-0.25, -0.2) is 0 Å². The van der Waals surface area contributed by atoms with Gasteiger partial charge in [-0.1, -0.05) is 0 Å². The van der Waals surface area contributed by atoms with E-state index in [9.17, 15) is 9.59 Å². The Morgan fingerprint density at radius 1 is 1.26 bits per heavy atom. The number of benzene rings is 1. The lowest BCUT2D eigenvalue weighted by Gasteiger charge is -2.40. The van der Waals surface area contributed by atoms with E-state index in [2.05, 4.69) is 9.27 Å². The molecule has 1 aliphatic heterocycles. The van der Waals surface area contributed by atoms with Crippen LogP contribution in [0.4, 0.5) is 0 Å². The van der Waals surface area contributed by atoms with Crippen LogP contribution in [0.5, 0.6) is 0 Å². The molecule has 0 spiro atoms. The molecule has 1 aliphatic rings. The van der Waals surface area contributed by atoms with Gasteiger partial charge in [0.15, 0.2) is 0 Å². The van der Waals surface area contributed by atoms with Crippen molar-refractivity contribution in [3.05, 3.63) is 30.0 Å². The van der Waals surface area contributed by atoms with Crippen LogP contribution in [-0.2, 0) is 4.79 Å². The van der Waals surface area contributed by atoms with Crippen LogP contribution in [0.3, 0.4) is 0 Å². The van der Waals surface area contributed by atoms with Gasteiger partial charge in [0.2, 0.25) is 5.91 Å². The summed E-state index contributed by atoms with van der Waals surface area (Å²) in [5, 5.41) is 1.01. The van der Waals surface area contributed by atoms with Gasteiger partial charge in [-0.2, -0.15) is 4.37 Å². The minimum Gasteiger partial charge on any atom is -0.336 e. The number of rotatable bonds is 6. The minimum absolute atomic E-state index is 0.0352. The molecule has 146 valence electrons. The van der Waals surface area contributed by atoms with E-state index in [1.54, 1.807) is 6.20 Å². The summed E-state index contributed by atoms with van der Waals surface area (Å²) in [4.78, 5) is 31.3. The molecule has 1 fully saturated rings. The van der Waals surface area contributed by atoms with Crippen LogP contribution in [0.25, 0.3) is 10.1 Å². The summed E-state index contributed by atoms with van der Waals surface area (Å²) in [6, 6.07) is 5.79. The first-order valence-electron chi connectivity index (χ1n) is 9.53. The number of carbonyl (C=O) groups excluding carboxylic acids is 2. The first-order chi connectivity index (χ1) is 13.0. The molecule has 3 rings (SSSR count). The zero-order valence-corrected chi connectivity index (χ0v) is 17.2. The molecule has 2 heterocycles. The second-order valence-corrected chi connectivity index (χ2v) is 8.36. The number of nitrogens with zero attached hydrogens (tertiary/aromatic N) is 4. The molecule has 7 heteroatoms. The third-order valence-corrected chi connectivity index (χ3v) is 5.86. The predicted octanol–water partition coefficient (Wildman–Crippen LogP) is 2.70. The second kappa shape index (κ2) is 8.80. The van der Waals surface area contributed by atoms with E-state index < -0.39 is 0 Å². The van der Waals surface area contributed by atoms with Crippen molar-refractivity contribution >= 4 is 33.4 Å². The Hall–Kier alpha value is -1.99. The highest BCUT2D eigenvalue weighted by molar-refractivity contribution is 7.13. The van der Waals surface area contributed by atoms with E-state index >= 15 is 0 Å². The van der Waals surface area contributed by atoms with E-state index in [1.807, 2.05) is 49.0 Å². The monoisotopic (exact) mass is 388 g/mol. The topological polar surface area (TPSA) is 56.8 Å². The van der Waals surface area contributed by atoms with Crippen LogP contribution >= 0.6 is 11.5 Å². The van der Waals surface area contributed by atoms with Crippen LogP contribution in [0.1, 0.15) is 36.5 Å². The quantitative estimate of drug-likeness (QED) is 0.714. The van der Waals surface area contributed by atoms with E-state index in [4.69, 9.17) is 0 Å². The number of amides is 2. The lowest BCUT2D eigenvalue weighted by atomic mass is 10.1. The summed E-state index contributed by atoms with van der Waals surface area (Å²) in [6.45, 7) is 4.83. The van der Waals surface area contributed by atoms with Crippen molar-refractivity contribution in [2.75, 3.05) is 40.3 Å². The maximum absolute atomic E-state index is 12.9. The van der Waals surface area contributed by atoms with Gasteiger partial charge >= 0.3 is 0 Å². The molecule has 1 aromatic carbocycles. The van der Waals surface area contributed by atoms with Gasteiger partial charge in [-0.05, 0) is 70.1 Å². The molecular formula is C20H28N4O2S. The fraction of sp³-hybridized carbons (Fsp3) is 0.550. The standard InChI is InChI=1S/C20H28N4O2S/c1-15-14-23(10-11-24(15)19(25)6-4-5-9-22(2)3)20(26)16-7-8-18-17(12-16)13-21-27-18/h7-8,12-13,15H,4-6,9-11,14H2,1-3H3. The number of piperazine rings is 1. The normalized spacial score (nSPS) is 17.7. The van der Waals surface area contributed by atoms with Crippen molar-refractivity contribution < 1.29 is 9.59 Å². The Bertz CT molecular complexity index is 804. The van der Waals surface area contributed by atoms with Crippen molar-refractivity contribution in [3.63, 3.8) is 0 Å². The maximum Gasteiger partial charge on any atom is 0.254 e. The summed E-state index contributed by atoms with van der Waals surface area (Å²) < 4.78 is 5.25. The lowest BCUT2D eigenvalue weighted by Crippen LogP contribution is -2.55. The lowest BCUT2D eigenvalue weighted by molar-refractivity contribution is -0.135. The first-order valence-corrected chi connectivity index (χ1v) is 10.3. The summed E-state index contributed by atoms with van der Waals surface area (Å²) in [5.74, 6) is 0.243. The number of unbranched alkanes of at least 4 members (excludes halogenated alkanes) is 1. The summed E-state index contributed by atoms with van der Waals surface area (Å²) >= 11 is 1.43. The zero-order chi connectivity index (χ0) is 19.4. The van der Waals surface area contributed by atoms with Crippen LogP contribution < -0.4 is 0 Å². The maximum atomic E-state index is 12.9. The number of hydrogen-bond acceptors (Lipinski definition) is 5. The highest BCUT2D eigenvalue weighted by atomic mass is 32.1. The summed E-state index contributed by atoms with van der Waals surface area (Å²) in [5.41, 5.74) is 0.693.